The van der Waals surface area contributed by atoms with Gasteiger partial charge in [0.1, 0.15) is 0 Å². The Hall–Kier alpha value is 0.600. The minimum Gasteiger partial charge on any atom is -1.00 e. The Bertz CT molecular complexity index is 157. The van der Waals surface area contributed by atoms with E-state index >= 15 is 0 Å². The van der Waals surface area contributed by atoms with Crippen molar-refractivity contribution in [2.45, 2.75) is 13.8 Å². The average molecular weight is 252 g/mol. The van der Waals surface area contributed by atoms with Gasteiger partial charge in [-0.1, -0.05) is 25.3 Å². The molecule has 0 atom stereocenters. The molecule has 0 radical (unpaired) electrons. The number of thiol groups is 2. The maximum Gasteiger partial charge on any atom is 1.00 e. The molecule has 0 spiro atoms. The van der Waals surface area contributed by atoms with Crippen LogP contribution in [0.3, 0.4) is 0 Å². The van der Waals surface area contributed by atoms with E-state index in [0.29, 0.717) is 0 Å². The Kier molecular flexibility index (Phi) is 27.5. The van der Waals surface area contributed by atoms with Crippen molar-refractivity contribution in [1.82, 2.24) is 4.90 Å². The number of carbonyl (C=O) groups is 2. The molecule has 14 heavy (non-hydrogen) atoms. The molecule has 0 aliphatic carbocycles. The van der Waals surface area contributed by atoms with Crippen molar-refractivity contribution in [1.29, 1.82) is 0 Å². The molecule has 5 nitrogen and oxygen atoms in total. The fourth-order valence-electron chi connectivity index (χ4n) is 0.494. The fourth-order valence-corrected chi connectivity index (χ4v) is 0.777. The van der Waals surface area contributed by atoms with Crippen molar-refractivity contribution in [2.75, 3.05) is 13.1 Å². The van der Waals surface area contributed by atoms with Gasteiger partial charge in [0.2, 0.25) is 0 Å². The van der Waals surface area contributed by atoms with Crippen LogP contribution >= 0.6 is 25.3 Å². The molecule has 0 aromatic rings. The summed E-state index contributed by atoms with van der Waals surface area (Å²) >= 11 is 6.75. The Morgan fingerprint density at radius 1 is 1.29 bits per heavy atom. The molecule has 0 unspecified atom stereocenters. The summed E-state index contributed by atoms with van der Waals surface area (Å²) in [6.45, 7) is 5.35. The van der Waals surface area contributed by atoms with Gasteiger partial charge in [-0.05, 0) is 13.8 Å². The van der Waals surface area contributed by atoms with E-state index in [9.17, 15) is 4.79 Å². The maximum absolute atomic E-state index is 10.4. The van der Waals surface area contributed by atoms with E-state index in [4.69, 9.17) is 4.79 Å². The molecule has 0 aliphatic heterocycles. The topological polar surface area (TPSA) is 94.9 Å². The molecule has 82 valence electrons. The Morgan fingerprint density at radius 2 is 1.50 bits per heavy atom. The molecule has 4 N–H and O–H groups in total. The summed E-state index contributed by atoms with van der Waals surface area (Å²) in [5, 5.41) is -0.782. The molecule has 0 aromatic carbocycles. The van der Waals surface area contributed by atoms with E-state index in [0.717, 1.165) is 13.1 Å². The van der Waals surface area contributed by atoms with Gasteiger partial charge < -0.3 is 17.5 Å². The molecule has 0 saturated carbocycles. The van der Waals surface area contributed by atoms with Crippen molar-refractivity contribution < 1.29 is 46.0 Å². The molecule has 2 amide bonds. The van der Waals surface area contributed by atoms with Gasteiger partial charge in [-0.2, -0.15) is 0 Å². The molecule has 0 fully saturated rings. The van der Waals surface area contributed by atoms with Crippen LogP contribution in [-0.4, -0.2) is 33.9 Å². The minimum atomic E-state index is -0.639. The van der Waals surface area contributed by atoms with E-state index in [1.807, 2.05) is 13.8 Å². The fraction of sp³-hybridized carbons (Fsp3) is 0.667. The number of carbonyl (C=O) groups excluding carboxylic acids is 2. The zero-order valence-corrected chi connectivity index (χ0v) is 12.4. The number of hydrogen-bond donors (Lipinski definition) is 3. The van der Waals surface area contributed by atoms with E-state index < -0.39 is 5.24 Å². The van der Waals surface area contributed by atoms with Crippen LogP contribution in [0, 0.1) is 0 Å². The Morgan fingerprint density at radius 3 is 1.50 bits per heavy atom. The van der Waals surface area contributed by atoms with Crippen LogP contribution in [0.1, 0.15) is 15.3 Å². The predicted octanol–water partition coefficient (Wildman–Crippen LogP) is -2.34. The first kappa shape index (κ1) is 24.0. The van der Waals surface area contributed by atoms with Gasteiger partial charge >= 0.3 is 29.6 Å². The van der Waals surface area contributed by atoms with Gasteiger partial charge in [-0.3, -0.25) is 9.59 Å². The molecule has 0 rings (SSSR count). The molecule has 0 aromatic heterocycles. The Labute approximate surface area is 119 Å². The van der Waals surface area contributed by atoms with Crippen LogP contribution < -0.4 is 35.3 Å². The molecule has 0 aliphatic rings. The SMILES string of the molecule is CCN(CC)C(=O)S.NC(=O)S.O.[H-].[Na+]. The van der Waals surface area contributed by atoms with E-state index in [1.165, 1.54) is 0 Å². The third kappa shape index (κ3) is 22.9. The first-order valence-electron chi connectivity index (χ1n) is 3.41. The van der Waals surface area contributed by atoms with Crippen molar-refractivity contribution in [3.8, 4) is 0 Å². The van der Waals surface area contributed by atoms with Gasteiger partial charge in [-0.25, -0.2) is 0 Å². The number of nitrogens with zero attached hydrogens (tertiary/aromatic N) is 1. The van der Waals surface area contributed by atoms with Crippen LogP contribution in [0.2, 0.25) is 0 Å². The van der Waals surface area contributed by atoms with Crippen molar-refractivity contribution in [3.63, 3.8) is 0 Å². The molecule has 0 saturated heterocycles. The molecular weight excluding hydrogens is 235 g/mol. The molecule has 0 bridgehead atoms. The summed E-state index contributed by atoms with van der Waals surface area (Å²) in [6, 6.07) is 0. The van der Waals surface area contributed by atoms with Crippen LogP contribution in [0.15, 0.2) is 0 Å². The summed E-state index contributed by atoms with van der Waals surface area (Å²) in [5.74, 6) is 0. The number of hydrogen-bond acceptors (Lipinski definition) is 2. The van der Waals surface area contributed by atoms with E-state index in [-0.39, 0.29) is 41.7 Å². The van der Waals surface area contributed by atoms with Gasteiger partial charge in [0.25, 0.3) is 10.5 Å². The Balaban J connectivity index is -0.0000000424. The minimum absolute atomic E-state index is 0. The smallest absolute Gasteiger partial charge is 1.00 e. The van der Waals surface area contributed by atoms with Crippen LogP contribution in [0.4, 0.5) is 9.59 Å². The van der Waals surface area contributed by atoms with E-state index in [2.05, 4.69) is 31.0 Å². The summed E-state index contributed by atoms with van der Waals surface area (Å²) in [4.78, 5) is 21.1. The number of primary amides is 1. The zero-order valence-electron chi connectivity index (χ0n) is 9.65. The van der Waals surface area contributed by atoms with Gasteiger partial charge in [0, 0.05) is 13.1 Å². The summed E-state index contributed by atoms with van der Waals surface area (Å²) in [7, 11) is 0. The first-order valence-corrected chi connectivity index (χ1v) is 4.31. The largest absolute Gasteiger partial charge is 1.00 e. The van der Waals surface area contributed by atoms with E-state index in [1.54, 1.807) is 4.90 Å². The maximum atomic E-state index is 10.4. The third-order valence-electron chi connectivity index (χ3n) is 1.03. The standard InChI is InChI=1S/C5H11NOS.CH3NOS.Na.H2O.H/c1-3-6(4-2)5(7)8;2-1(3)4;;;/h3-4H2,1-2H3,(H,7,8);(H3,2,3,4);;1H2;/q;;+1;;-1. The van der Waals surface area contributed by atoms with Crippen molar-refractivity contribution in [3.05, 3.63) is 0 Å². The normalized spacial score (nSPS) is 6.86. The second-order valence-electron chi connectivity index (χ2n) is 1.79. The number of nitrogens with two attached hydrogens (primary N) is 1. The van der Waals surface area contributed by atoms with Crippen molar-refractivity contribution >= 4 is 35.7 Å². The van der Waals surface area contributed by atoms with Gasteiger partial charge in [-0.15, -0.1) is 0 Å². The van der Waals surface area contributed by atoms with Crippen molar-refractivity contribution in [2.24, 2.45) is 5.73 Å². The number of rotatable bonds is 2. The first-order chi connectivity index (χ1) is 5.45. The van der Waals surface area contributed by atoms with Gasteiger partial charge in [0.05, 0.1) is 0 Å². The second kappa shape index (κ2) is 16.0. The van der Waals surface area contributed by atoms with Crippen LogP contribution in [-0.2, 0) is 0 Å². The monoisotopic (exact) mass is 252 g/mol. The third-order valence-corrected chi connectivity index (χ3v) is 1.32. The van der Waals surface area contributed by atoms with Crippen LogP contribution in [0.25, 0.3) is 0 Å². The predicted molar refractivity (Wildman–Crippen MR) is 60.6 cm³/mol. The molecule has 8 heteroatoms. The molecular formula is C6H17N2NaO3S2. The second-order valence-corrected chi connectivity index (χ2v) is 2.62. The molecule has 0 heterocycles. The van der Waals surface area contributed by atoms with Crippen LogP contribution in [0.5, 0.6) is 0 Å². The summed E-state index contributed by atoms with van der Waals surface area (Å²) in [5.41, 5.74) is 4.34. The average Bonchev–Trinajstić information content (AvgIpc) is 1.87. The zero-order chi connectivity index (χ0) is 10.1. The summed E-state index contributed by atoms with van der Waals surface area (Å²) in [6.07, 6.45) is 0. The quantitative estimate of drug-likeness (QED) is 0.379. The number of amides is 2. The van der Waals surface area contributed by atoms with Gasteiger partial charge in [0.15, 0.2) is 0 Å². The summed E-state index contributed by atoms with van der Waals surface area (Å²) < 4.78 is 0.